The first-order chi connectivity index (χ1) is 7.18. The predicted molar refractivity (Wildman–Crippen MR) is 53.6 cm³/mol. The van der Waals surface area contributed by atoms with Gasteiger partial charge in [-0.1, -0.05) is 16.8 Å². The molecule has 0 saturated heterocycles. The second kappa shape index (κ2) is 3.70. The minimum atomic E-state index is -0.502. The Morgan fingerprint density at radius 2 is 2.20 bits per heavy atom. The first kappa shape index (κ1) is 9.67. The van der Waals surface area contributed by atoms with Gasteiger partial charge in [0, 0.05) is 23.8 Å². The molecule has 2 rings (SSSR count). The summed E-state index contributed by atoms with van der Waals surface area (Å²) in [5.41, 5.74) is 1.11. The standard InChI is InChI=1S/C9H5ClN2O3/c10-8-5-6(12(13)14)1-2-7(8)9-3-4-15-11-9/h1-5H. The van der Waals surface area contributed by atoms with Gasteiger partial charge in [-0.05, 0) is 6.07 Å². The van der Waals surface area contributed by atoms with Crippen LogP contribution in [0.1, 0.15) is 0 Å². The van der Waals surface area contributed by atoms with E-state index in [1.807, 2.05) is 0 Å². The van der Waals surface area contributed by atoms with Gasteiger partial charge in [-0.3, -0.25) is 10.1 Å². The maximum absolute atomic E-state index is 10.5. The van der Waals surface area contributed by atoms with Crippen LogP contribution in [0.3, 0.4) is 0 Å². The number of halogens is 1. The highest BCUT2D eigenvalue weighted by Crippen LogP contribution is 2.29. The number of rotatable bonds is 2. The molecular weight excluding hydrogens is 220 g/mol. The topological polar surface area (TPSA) is 69.2 Å². The van der Waals surface area contributed by atoms with Gasteiger partial charge in [-0.15, -0.1) is 0 Å². The molecule has 0 spiro atoms. The third kappa shape index (κ3) is 1.82. The Hall–Kier alpha value is -1.88. The second-order valence-electron chi connectivity index (χ2n) is 2.81. The van der Waals surface area contributed by atoms with E-state index in [9.17, 15) is 10.1 Å². The molecule has 0 amide bonds. The molecule has 0 saturated carbocycles. The summed E-state index contributed by atoms with van der Waals surface area (Å²) in [6.07, 6.45) is 1.41. The number of nitro groups is 1. The van der Waals surface area contributed by atoms with Gasteiger partial charge in [-0.25, -0.2) is 0 Å². The molecule has 0 unspecified atom stereocenters. The van der Waals surface area contributed by atoms with Gasteiger partial charge in [0.15, 0.2) is 0 Å². The first-order valence-corrected chi connectivity index (χ1v) is 4.41. The van der Waals surface area contributed by atoms with Crippen molar-refractivity contribution in [2.75, 3.05) is 0 Å². The Kier molecular flexibility index (Phi) is 2.39. The number of nitrogens with zero attached hydrogens (tertiary/aromatic N) is 2. The van der Waals surface area contributed by atoms with E-state index in [-0.39, 0.29) is 10.7 Å². The molecule has 76 valence electrons. The van der Waals surface area contributed by atoms with Gasteiger partial charge >= 0.3 is 0 Å². The number of non-ortho nitro benzene ring substituents is 1. The van der Waals surface area contributed by atoms with Gasteiger partial charge in [-0.2, -0.15) is 0 Å². The van der Waals surface area contributed by atoms with E-state index in [2.05, 4.69) is 9.68 Å². The number of aromatic nitrogens is 1. The van der Waals surface area contributed by atoms with Crippen LogP contribution in [0.4, 0.5) is 5.69 Å². The lowest BCUT2D eigenvalue weighted by molar-refractivity contribution is -0.384. The molecule has 1 aromatic carbocycles. The molecule has 1 heterocycles. The fraction of sp³-hybridized carbons (Fsp3) is 0. The van der Waals surface area contributed by atoms with Crippen molar-refractivity contribution in [3.8, 4) is 11.3 Å². The van der Waals surface area contributed by atoms with Crippen molar-refractivity contribution in [1.29, 1.82) is 0 Å². The van der Waals surface area contributed by atoms with E-state index in [1.54, 1.807) is 12.1 Å². The summed E-state index contributed by atoms with van der Waals surface area (Å²) in [4.78, 5) is 9.96. The summed E-state index contributed by atoms with van der Waals surface area (Å²) < 4.78 is 4.66. The average molecular weight is 225 g/mol. The minimum absolute atomic E-state index is 0.0488. The third-order valence-electron chi connectivity index (χ3n) is 1.88. The Bertz CT molecular complexity index is 496. The van der Waals surface area contributed by atoms with E-state index >= 15 is 0 Å². The van der Waals surface area contributed by atoms with E-state index in [0.717, 1.165) is 0 Å². The number of hydrogen-bond acceptors (Lipinski definition) is 4. The summed E-state index contributed by atoms with van der Waals surface area (Å²) in [5, 5.41) is 14.4. The quantitative estimate of drug-likeness (QED) is 0.581. The van der Waals surface area contributed by atoms with Crippen molar-refractivity contribution < 1.29 is 9.45 Å². The van der Waals surface area contributed by atoms with Crippen molar-refractivity contribution in [2.24, 2.45) is 0 Å². The molecule has 0 aliphatic heterocycles. The van der Waals surface area contributed by atoms with Crippen LogP contribution in [0.25, 0.3) is 11.3 Å². The highest BCUT2D eigenvalue weighted by molar-refractivity contribution is 6.33. The fourth-order valence-electron chi connectivity index (χ4n) is 1.18. The molecular formula is C9H5ClN2O3. The molecule has 0 fully saturated rings. The van der Waals surface area contributed by atoms with Crippen molar-refractivity contribution in [3.05, 3.63) is 45.7 Å². The zero-order valence-corrected chi connectivity index (χ0v) is 8.14. The molecule has 2 aromatic rings. The maximum Gasteiger partial charge on any atom is 0.270 e. The molecule has 1 aromatic heterocycles. The molecule has 15 heavy (non-hydrogen) atoms. The molecule has 0 N–H and O–H groups in total. The summed E-state index contributed by atoms with van der Waals surface area (Å²) in [6.45, 7) is 0. The predicted octanol–water partition coefficient (Wildman–Crippen LogP) is 2.90. The molecule has 0 aliphatic rings. The monoisotopic (exact) mass is 224 g/mol. The van der Waals surface area contributed by atoms with E-state index in [0.29, 0.717) is 11.3 Å². The van der Waals surface area contributed by atoms with Crippen molar-refractivity contribution in [2.45, 2.75) is 0 Å². The van der Waals surface area contributed by atoms with Gasteiger partial charge in [0.2, 0.25) is 0 Å². The maximum atomic E-state index is 10.5. The second-order valence-corrected chi connectivity index (χ2v) is 3.21. The number of nitro benzene ring substituents is 1. The summed E-state index contributed by atoms with van der Waals surface area (Å²) in [7, 11) is 0. The van der Waals surface area contributed by atoms with E-state index in [4.69, 9.17) is 11.6 Å². The van der Waals surface area contributed by atoms with Crippen LogP contribution in [0, 0.1) is 10.1 Å². The molecule has 5 nitrogen and oxygen atoms in total. The molecule has 0 bridgehead atoms. The van der Waals surface area contributed by atoms with Gasteiger partial charge < -0.3 is 4.52 Å². The van der Waals surface area contributed by atoms with Crippen LogP contribution in [0.15, 0.2) is 35.1 Å². The van der Waals surface area contributed by atoms with Crippen LogP contribution < -0.4 is 0 Å². The normalized spacial score (nSPS) is 10.2. The number of benzene rings is 1. The Morgan fingerprint density at radius 3 is 2.73 bits per heavy atom. The van der Waals surface area contributed by atoms with Crippen molar-refractivity contribution >= 4 is 17.3 Å². The summed E-state index contributed by atoms with van der Waals surface area (Å²) >= 11 is 5.88. The molecule has 0 atom stereocenters. The van der Waals surface area contributed by atoms with Crippen molar-refractivity contribution in [1.82, 2.24) is 5.16 Å². The zero-order chi connectivity index (χ0) is 10.8. The highest BCUT2D eigenvalue weighted by atomic mass is 35.5. The van der Waals surface area contributed by atoms with Gasteiger partial charge in [0.1, 0.15) is 12.0 Å². The minimum Gasteiger partial charge on any atom is -0.364 e. The lowest BCUT2D eigenvalue weighted by Crippen LogP contribution is -1.88. The van der Waals surface area contributed by atoms with Crippen LogP contribution in [-0.2, 0) is 0 Å². The first-order valence-electron chi connectivity index (χ1n) is 4.03. The van der Waals surface area contributed by atoms with Crippen LogP contribution in [-0.4, -0.2) is 10.1 Å². The zero-order valence-electron chi connectivity index (χ0n) is 7.38. The van der Waals surface area contributed by atoms with Crippen molar-refractivity contribution in [3.63, 3.8) is 0 Å². The largest absolute Gasteiger partial charge is 0.364 e. The Labute approximate surface area is 89.4 Å². The Balaban J connectivity index is 2.48. The van der Waals surface area contributed by atoms with Crippen LogP contribution >= 0.6 is 11.6 Å². The molecule has 0 aliphatic carbocycles. The number of hydrogen-bond donors (Lipinski definition) is 0. The SMILES string of the molecule is O=[N+]([O-])c1ccc(-c2ccon2)c(Cl)c1. The fourth-order valence-corrected chi connectivity index (χ4v) is 1.45. The Morgan fingerprint density at radius 1 is 1.40 bits per heavy atom. The van der Waals surface area contributed by atoms with Crippen LogP contribution in [0.2, 0.25) is 5.02 Å². The lowest BCUT2D eigenvalue weighted by atomic mass is 10.1. The molecule has 0 radical (unpaired) electrons. The lowest BCUT2D eigenvalue weighted by Gasteiger charge is -1.98. The average Bonchev–Trinajstić information content (AvgIpc) is 2.70. The summed E-state index contributed by atoms with van der Waals surface area (Å²) in [6, 6.07) is 5.83. The summed E-state index contributed by atoms with van der Waals surface area (Å²) in [5.74, 6) is 0. The van der Waals surface area contributed by atoms with Crippen LogP contribution in [0.5, 0.6) is 0 Å². The smallest absolute Gasteiger partial charge is 0.270 e. The molecule has 6 heteroatoms. The van der Waals surface area contributed by atoms with E-state index in [1.165, 1.54) is 18.4 Å². The van der Waals surface area contributed by atoms with Gasteiger partial charge in [0.05, 0.1) is 9.95 Å². The third-order valence-corrected chi connectivity index (χ3v) is 2.19. The van der Waals surface area contributed by atoms with E-state index < -0.39 is 4.92 Å². The highest BCUT2D eigenvalue weighted by Gasteiger charge is 2.11. The van der Waals surface area contributed by atoms with Gasteiger partial charge in [0.25, 0.3) is 5.69 Å².